The number of halogens is 1. The second-order valence-electron chi connectivity index (χ2n) is 19.8. The minimum Gasteiger partial charge on any atom is -0.481 e. The number of aromatic nitrogens is 2. The topological polar surface area (TPSA) is 108 Å². The minimum absolute atomic E-state index is 0.0302. The molecule has 0 bridgehead atoms. The molecule has 8 nitrogen and oxygen atoms in total. The molecule has 0 saturated heterocycles. The van der Waals surface area contributed by atoms with Crippen LogP contribution in [-0.4, -0.2) is 38.3 Å². The molecule has 1 unspecified atom stereocenters. The Hall–Kier alpha value is -3.49. The van der Waals surface area contributed by atoms with Crippen LogP contribution < -0.4 is 5.56 Å². The van der Waals surface area contributed by atoms with E-state index in [9.17, 15) is 28.7 Å². The molecule has 3 fully saturated rings. The number of hydrogen-bond donors (Lipinski definition) is 1. The zero-order chi connectivity index (χ0) is 40.5. The Labute approximate surface area is 327 Å². The Morgan fingerprint density at radius 3 is 2.29 bits per heavy atom. The highest BCUT2D eigenvalue weighted by Gasteiger charge is 2.66. The van der Waals surface area contributed by atoms with Crippen LogP contribution in [0.2, 0.25) is 0 Å². The summed E-state index contributed by atoms with van der Waals surface area (Å²) in [6.45, 7) is 19.1. The number of fused-ring (bicyclic) bond motifs is 5. The largest absolute Gasteiger partial charge is 0.481 e. The minimum atomic E-state index is -1.19. The Kier molecular flexibility index (Phi) is 10.8. The average Bonchev–Trinajstić information content (AvgIpc) is 3.58. The third-order valence-electron chi connectivity index (χ3n) is 15.7. The van der Waals surface area contributed by atoms with Gasteiger partial charge in [0.2, 0.25) is 0 Å². The SMILES string of the molecule is CCCC[C@H](OC(=O)CC(C)(C)C(=O)O)C(C)(C)[C@@H]1CCC2(C)[C@H](CC[C@@H]3C4=C(C(C)C)C(=O)C[C@]4(c4cc(=O)n(-c5ccc(F)cc5)n4C)CC[C@]32C)C1. The first-order valence-electron chi connectivity index (χ1n) is 20.9. The second kappa shape index (κ2) is 14.5. The van der Waals surface area contributed by atoms with E-state index >= 15 is 0 Å². The summed E-state index contributed by atoms with van der Waals surface area (Å²) in [4.78, 5) is 53.0. The van der Waals surface area contributed by atoms with Gasteiger partial charge in [0.15, 0.2) is 5.78 Å². The molecule has 3 saturated carbocycles. The molecule has 7 atom stereocenters. The summed E-state index contributed by atoms with van der Waals surface area (Å²) >= 11 is 0. The maximum absolute atomic E-state index is 14.2. The highest BCUT2D eigenvalue weighted by Crippen LogP contribution is 2.72. The van der Waals surface area contributed by atoms with E-state index in [4.69, 9.17) is 4.74 Å². The van der Waals surface area contributed by atoms with Gasteiger partial charge in [-0.05, 0) is 135 Å². The summed E-state index contributed by atoms with van der Waals surface area (Å²) in [7, 11) is 1.90. The number of carbonyl (C=O) groups is 3. The first-order chi connectivity index (χ1) is 25.6. The van der Waals surface area contributed by atoms with Crippen LogP contribution in [0.25, 0.3) is 5.69 Å². The van der Waals surface area contributed by atoms with Crippen LogP contribution in [0.3, 0.4) is 0 Å². The molecule has 0 aliphatic heterocycles. The zero-order valence-electron chi connectivity index (χ0n) is 35.0. The van der Waals surface area contributed by atoms with Gasteiger partial charge < -0.3 is 9.84 Å². The molecule has 1 aromatic heterocycles. The summed E-state index contributed by atoms with van der Waals surface area (Å²) in [5, 5.41) is 9.67. The van der Waals surface area contributed by atoms with E-state index in [-0.39, 0.29) is 57.8 Å². The quantitative estimate of drug-likeness (QED) is 0.216. The molecule has 6 rings (SSSR count). The lowest BCUT2D eigenvalue weighted by atomic mass is 9.38. The lowest BCUT2D eigenvalue weighted by Crippen LogP contribution is -2.59. The molecular weight excluding hydrogens is 696 g/mol. The van der Waals surface area contributed by atoms with Crippen molar-refractivity contribution in [2.75, 3.05) is 0 Å². The zero-order valence-corrected chi connectivity index (χ0v) is 35.0. The second-order valence-corrected chi connectivity index (χ2v) is 19.8. The molecule has 0 spiro atoms. The van der Waals surface area contributed by atoms with Crippen molar-refractivity contribution in [2.24, 2.45) is 52.4 Å². The predicted octanol–water partition coefficient (Wildman–Crippen LogP) is 9.74. The van der Waals surface area contributed by atoms with Crippen LogP contribution in [-0.2, 0) is 31.6 Å². The fourth-order valence-electron chi connectivity index (χ4n) is 12.1. The van der Waals surface area contributed by atoms with Crippen molar-refractivity contribution >= 4 is 17.7 Å². The average molecular weight is 761 g/mol. The Morgan fingerprint density at radius 2 is 1.67 bits per heavy atom. The molecule has 4 aliphatic carbocycles. The van der Waals surface area contributed by atoms with Crippen molar-refractivity contribution in [1.82, 2.24) is 9.36 Å². The van der Waals surface area contributed by atoms with E-state index in [0.717, 1.165) is 75.5 Å². The fraction of sp³-hybridized carbons (Fsp3) is 0.696. The van der Waals surface area contributed by atoms with Gasteiger partial charge in [-0.1, -0.05) is 61.3 Å². The van der Waals surface area contributed by atoms with Gasteiger partial charge in [0, 0.05) is 30.4 Å². The van der Waals surface area contributed by atoms with Crippen LogP contribution in [0.1, 0.15) is 145 Å². The number of unbranched alkanes of at least 4 members (excludes halogenated alkanes) is 1. The summed E-state index contributed by atoms with van der Waals surface area (Å²) in [6.07, 6.45) is 9.47. The number of aliphatic carboxylic acids is 1. The Balaban J connectivity index is 1.32. The van der Waals surface area contributed by atoms with Gasteiger partial charge in [0.05, 0.1) is 23.2 Å². The lowest BCUT2D eigenvalue weighted by molar-refractivity contribution is -0.172. The summed E-state index contributed by atoms with van der Waals surface area (Å²) in [6, 6.07) is 7.73. The van der Waals surface area contributed by atoms with Crippen molar-refractivity contribution in [3.63, 3.8) is 0 Å². The molecule has 0 amide bonds. The van der Waals surface area contributed by atoms with Gasteiger partial charge >= 0.3 is 11.9 Å². The molecule has 4 aliphatic rings. The van der Waals surface area contributed by atoms with Crippen molar-refractivity contribution in [1.29, 1.82) is 0 Å². The number of carboxylic acid groups (broad SMARTS) is 1. The Bertz CT molecular complexity index is 1920. The number of esters is 1. The maximum atomic E-state index is 14.2. The summed E-state index contributed by atoms with van der Waals surface area (Å²) < 4.78 is 23.6. The molecule has 2 aromatic rings. The molecule has 0 radical (unpaired) electrons. The number of hydrogen-bond acceptors (Lipinski definition) is 5. The smallest absolute Gasteiger partial charge is 0.309 e. The molecule has 55 heavy (non-hydrogen) atoms. The fourth-order valence-corrected chi connectivity index (χ4v) is 12.1. The van der Waals surface area contributed by atoms with Crippen LogP contribution in [0.5, 0.6) is 0 Å². The maximum Gasteiger partial charge on any atom is 0.309 e. The molecule has 302 valence electrons. The first-order valence-corrected chi connectivity index (χ1v) is 20.9. The molecule has 9 heteroatoms. The highest BCUT2D eigenvalue weighted by molar-refractivity contribution is 6.01. The number of carbonyl (C=O) groups excluding carboxylic acids is 2. The van der Waals surface area contributed by atoms with E-state index in [1.54, 1.807) is 36.7 Å². The number of carboxylic acids is 1. The van der Waals surface area contributed by atoms with Gasteiger partial charge in [-0.2, -0.15) is 0 Å². The van der Waals surface area contributed by atoms with Gasteiger partial charge in [-0.3, -0.25) is 23.9 Å². The number of rotatable bonds is 12. The molecule has 1 heterocycles. The molecule has 1 aromatic carbocycles. The van der Waals surface area contributed by atoms with Crippen molar-refractivity contribution in [2.45, 2.75) is 151 Å². The van der Waals surface area contributed by atoms with E-state index in [1.807, 2.05) is 11.7 Å². The highest BCUT2D eigenvalue weighted by atomic mass is 19.1. The number of Topliss-reactive ketones (excluding diaryl/α,β-unsaturated/α-hetero) is 1. The normalized spacial score (nSPS) is 30.2. The lowest BCUT2D eigenvalue weighted by Gasteiger charge is -2.66. The number of ether oxygens (including phenoxy) is 1. The van der Waals surface area contributed by atoms with E-state index in [0.29, 0.717) is 23.9 Å². The van der Waals surface area contributed by atoms with Gasteiger partial charge in [-0.25, -0.2) is 9.07 Å². The van der Waals surface area contributed by atoms with Crippen LogP contribution >= 0.6 is 0 Å². The van der Waals surface area contributed by atoms with E-state index in [2.05, 4.69) is 48.5 Å². The molecule has 1 N–H and O–H groups in total. The van der Waals surface area contributed by atoms with Gasteiger partial charge in [0.25, 0.3) is 5.56 Å². The van der Waals surface area contributed by atoms with E-state index < -0.39 is 22.8 Å². The number of benzene rings is 1. The van der Waals surface area contributed by atoms with Gasteiger partial charge in [0.1, 0.15) is 11.9 Å². The molecular formula is C46H65FN2O6. The van der Waals surface area contributed by atoms with Crippen LogP contribution in [0.15, 0.2) is 46.3 Å². The summed E-state index contributed by atoms with van der Waals surface area (Å²) in [5.41, 5.74) is 1.46. The Morgan fingerprint density at radius 1 is 1.00 bits per heavy atom. The van der Waals surface area contributed by atoms with Crippen molar-refractivity contribution in [3.8, 4) is 5.69 Å². The van der Waals surface area contributed by atoms with E-state index in [1.165, 1.54) is 17.7 Å². The predicted molar refractivity (Wildman–Crippen MR) is 212 cm³/mol. The van der Waals surface area contributed by atoms with Crippen molar-refractivity contribution in [3.05, 3.63) is 63.3 Å². The monoisotopic (exact) mass is 760 g/mol. The van der Waals surface area contributed by atoms with Gasteiger partial charge in [-0.15, -0.1) is 0 Å². The first kappa shape index (κ1) is 41.2. The standard InChI is InChI=1S/C46H65FN2O6/c1-11-12-13-36(55-38(52)27-42(4,5)41(53)54)43(6,7)29-20-21-44(8)30(24-29)14-19-33-40-39(28(2)3)34(50)26-46(40,23-22-45(33,44)9)35-25-37(51)49(48(35)10)32-17-15-31(47)16-18-32/h15-18,25,28-30,33,36H,11-14,19-24,26-27H2,1-10H3,(H,53,54)/t29-,30-,33-,36+,44?,45-,46+/m1/s1. The van der Waals surface area contributed by atoms with Crippen LogP contribution in [0, 0.1) is 51.1 Å². The van der Waals surface area contributed by atoms with Crippen molar-refractivity contribution < 1.29 is 28.6 Å². The number of ketones is 1. The third kappa shape index (κ3) is 6.67. The third-order valence-corrected chi connectivity index (χ3v) is 15.7. The summed E-state index contributed by atoms with van der Waals surface area (Å²) in [5.74, 6) is -0.519. The number of nitrogens with zero attached hydrogens (tertiary/aromatic N) is 2. The van der Waals surface area contributed by atoms with Crippen LogP contribution in [0.4, 0.5) is 4.39 Å². The number of allylic oxidation sites excluding steroid dienone is 2.